The average molecular weight is 342 g/mol. The molecule has 0 saturated carbocycles. The normalized spacial score (nSPS) is 10.8. The summed E-state index contributed by atoms with van der Waals surface area (Å²) < 4.78 is 10.0. The van der Waals surface area contributed by atoms with Crippen molar-refractivity contribution in [1.29, 1.82) is 0 Å². The van der Waals surface area contributed by atoms with Crippen molar-refractivity contribution in [3.05, 3.63) is 54.6 Å². The zero-order valence-electron chi connectivity index (χ0n) is 13.5. The smallest absolute Gasteiger partial charge is 0.166 e. The molecule has 0 radical (unpaired) electrons. The van der Waals surface area contributed by atoms with Crippen LogP contribution < -0.4 is 4.72 Å². The third-order valence-electron chi connectivity index (χ3n) is 3.52. The third kappa shape index (κ3) is 3.43. The molecule has 0 saturated heterocycles. The molecule has 0 amide bonds. The predicted molar refractivity (Wildman–Crippen MR) is 95.9 cm³/mol. The molecule has 1 N–H and O–H groups in total. The first-order valence-electron chi connectivity index (χ1n) is 7.55. The summed E-state index contributed by atoms with van der Waals surface area (Å²) in [5.74, 6) is 1.65. The highest BCUT2D eigenvalue weighted by Gasteiger charge is 2.16. The van der Waals surface area contributed by atoms with Crippen LogP contribution in [0.4, 0.5) is 5.69 Å². The van der Waals surface area contributed by atoms with Gasteiger partial charge in [-0.25, -0.2) is 4.89 Å². The van der Waals surface area contributed by atoms with E-state index in [2.05, 4.69) is 31.3 Å². The molecule has 2 aromatic carbocycles. The summed E-state index contributed by atoms with van der Waals surface area (Å²) >= 11 is 1.00. The van der Waals surface area contributed by atoms with Crippen molar-refractivity contribution in [2.75, 3.05) is 11.8 Å². The number of hydrogen-bond donors (Lipinski definition) is 1. The average Bonchev–Trinajstić information content (AvgIpc) is 3.07. The van der Waals surface area contributed by atoms with Gasteiger partial charge in [0.15, 0.2) is 11.6 Å². The van der Waals surface area contributed by atoms with Gasteiger partial charge in [0.05, 0.1) is 12.8 Å². The summed E-state index contributed by atoms with van der Waals surface area (Å²) in [7, 11) is 1.46. The van der Waals surface area contributed by atoms with E-state index in [1.807, 2.05) is 54.6 Å². The summed E-state index contributed by atoms with van der Waals surface area (Å²) in [4.78, 5) is 4.58. The van der Waals surface area contributed by atoms with Gasteiger partial charge in [0.1, 0.15) is 12.2 Å². The second-order valence-electron chi connectivity index (χ2n) is 4.92. The molecule has 0 unspecified atom stereocenters. The van der Waals surface area contributed by atoms with Crippen LogP contribution in [-0.2, 0) is 15.8 Å². The maximum absolute atomic E-state index is 4.82. The molecule has 7 heteroatoms. The van der Waals surface area contributed by atoms with E-state index in [0.29, 0.717) is 0 Å². The van der Waals surface area contributed by atoms with Crippen LogP contribution in [0.3, 0.4) is 0 Å². The Kier molecular flexibility index (Phi) is 5.47. The van der Waals surface area contributed by atoms with Crippen LogP contribution >= 0.6 is 12.2 Å². The molecule has 124 valence electrons. The van der Waals surface area contributed by atoms with Crippen LogP contribution in [0.1, 0.15) is 6.92 Å². The van der Waals surface area contributed by atoms with Gasteiger partial charge >= 0.3 is 0 Å². The summed E-state index contributed by atoms with van der Waals surface area (Å²) in [5, 5.41) is 8.81. The second-order valence-corrected chi connectivity index (χ2v) is 5.43. The van der Waals surface area contributed by atoms with E-state index >= 15 is 0 Å². The number of nitrogens with one attached hydrogen (secondary N) is 1. The SMILES string of the molecule is CCn1c(-c2ccccc2)nnc1-c1ccccc1NSOOC. The standard InChI is InChI=1S/C17H18N4O2S/c1-3-21-16(13-9-5-4-6-10-13)18-19-17(21)14-11-7-8-12-15(14)20-24-23-22-2/h4-12,20H,3H2,1-2H3. The van der Waals surface area contributed by atoms with Gasteiger partial charge in [0.25, 0.3) is 0 Å². The fraction of sp³-hybridized carbons (Fsp3) is 0.176. The molecule has 6 nitrogen and oxygen atoms in total. The number of hydrogen-bond acceptors (Lipinski definition) is 6. The van der Waals surface area contributed by atoms with Crippen LogP contribution in [-0.4, -0.2) is 21.9 Å². The van der Waals surface area contributed by atoms with Crippen molar-refractivity contribution in [2.24, 2.45) is 0 Å². The molecule has 0 aliphatic carbocycles. The van der Waals surface area contributed by atoms with Crippen LogP contribution in [0.15, 0.2) is 54.6 Å². The first-order chi connectivity index (χ1) is 11.8. The number of rotatable bonds is 7. The number of anilines is 1. The highest BCUT2D eigenvalue weighted by Crippen LogP contribution is 2.31. The zero-order valence-corrected chi connectivity index (χ0v) is 14.3. The number of nitrogens with zero attached hydrogens (tertiary/aromatic N) is 3. The van der Waals surface area contributed by atoms with Crippen LogP contribution in [0.2, 0.25) is 0 Å². The molecule has 0 spiro atoms. The largest absolute Gasteiger partial charge is 0.307 e. The first kappa shape index (κ1) is 16.5. The van der Waals surface area contributed by atoms with Crippen LogP contribution in [0.25, 0.3) is 22.8 Å². The number of benzene rings is 2. The fourth-order valence-electron chi connectivity index (χ4n) is 2.47. The maximum atomic E-state index is 4.82. The van der Waals surface area contributed by atoms with Gasteiger partial charge in [0, 0.05) is 17.7 Å². The Labute approximate surface area is 145 Å². The minimum atomic E-state index is 0.766. The van der Waals surface area contributed by atoms with E-state index in [-0.39, 0.29) is 0 Å². The van der Waals surface area contributed by atoms with Crippen LogP contribution in [0, 0.1) is 0 Å². The lowest BCUT2D eigenvalue weighted by Crippen LogP contribution is -2.02. The summed E-state index contributed by atoms with van der Waals surface area (Å²) in [5.41, 5.74) is 2.86. The molecule has 3 aromatic rings. The summed E-state index contributed by atoms with van der Waals surface area (Å²) in [6, 6.07) is 17.9. The molecule has 0 aliphatic heterocycles. The fourth-order valence-corrected chi connectivity index (χ4v) is 2.84. The van der Waals surface area contributed by atoms with E-state index in [9.17, 15) is 0 Å². The van der Waals surface area contributed by atoms with Gasteiger partial charge in [-0.1, -0.05) is 42.5 Å². The van der Waals surface area contributed by atoms with Gasteiger partial charge in [0.2, 0.25) is 0 Å². The van der Waals surface area contributed by atoms with Crippen LogP contribution in [0.5, 0.6) is 0 Å². The lowest BCUT2D eigenvalue weighted by Gasteiger charge is -2.11. The zero-order chi connectivity index (χ0) is 16.8. The lowest BCUT2D eigenvalue weighted by atomic mass is 10.1. The highest BCUT2D eigenvalue weighted by molar-refractivity contribution is 7.95. The molecular weight excluding hydrogens is 324 g/mol. The van der Waals surface area contributed by atoms with E-state index in [0.717, 1.165) is 47.2 Å². The number of aromatic nitrogens is 3. The second kappa shape index (κ2) is 7.96. The maximum Gasteiger partial charge on any atom is 0.166 e. The predicted octanol–water partition coefficient (Wildman–Crippen LogP) is 4.19. The summed E-state index contributed by atoms with van der Waals surface area (Å²) in [6.45, 7) is 2.85. The monoisotopic (exact) mass is 342 g/mol. The molecule has 0 fully saturated rings. The molecule has 3 rings (SSSR count). The van der Waals surface area contributed by atoms with Crippen molar-refractivity contribution in [3.63, 3.8) is 0 Å². The minimum absolute atomic E-state index is 0.766. The first-order valence-corrected chi connectivity index (χ1v) is 8.29. The molecular formula is C17H18N4O2S. The Morgan fingerprint density at radius 2 is 1.71 bits per heavy atom. The molecule has 1 aromatic heterocycles. The van der Waals surface area contributed by atoms with Crippen molar-refractivity contribution in [2.45, 2.75) is 13.5 Å². The van der Waals surface area contributed by atoms with E-state index < -0.39 is 0 Å². The lowest BCUT2D eigenvalue weighted by molar-refractivity contribution is -0.159. The Balaban J connectivity index is 2.00. The van der Waals surface area contributed by atoms with Crippen molar-refractivity contribution >= 4 is 17.9 Å². The van der Waals surface area contributed by atoms with Gasteiger partial charge < -0.3 is 9.29 Å². The van der Waals surface area contributed by atoms with Gasteiger partial charge in [-0.05, 0) is 19.1 Å². The van der Waals surface area contributed by atoms with E-state index in [4.69, 9.17) is 4.33 Å². The third-order valence-corrected chi connectivity index (χ3v) is 4.03. The quantitative estimate of drug-likeness (QED) is 0.228. The van der Waals surface area contributed by atoms with E-state index in [1.54, 1.807) is 0 Å². The Hall–Kier alpha value is -2.35. The number of para-hydroxylation sites is 1. The topological polar surface area (TPSA) is 61.2 Å². The van der Waals surface area contributed by atoms with Gasteiger partial charge in [-0.2, -0.15) is 0 Å². The van der Waals surface area contributed by atoms with Gasteiger partial charge in [-0.15, -0.1) is 14.5 Å². The van der Waals surface area contributed by atoms with Crippen molar-refractivity contribution in [1.82, 2.24) is 14.8 Å². The van der Waals surface area contributed by atoms with Crippen molar-refractivity contribution < 1.29 is 9.22 Å². The molecule has 1 heterocycles. The van der Waals surface area contributed by atoms with Crippen molar-refractivity contribution in [3.8, 4) is 22.8 Å². The summed E-state index contributed by atoms with van der Waals surface area (Å²) in [6.07, 6.45) is 0. The highest BCUT2D eigenvalue weighted by atomic mass is 32.2. The molecule has 24 heavy (non-hydrogen) atoms. The Morgan fingerprint density at radius 1 is 1.00 bits per heavy atom. The Bertz CT molecular complexity index is 792. The Morgan fingerprint density at radius 3 is 2.46 bits per heavy atom. The van der Waals surface area contributed by atoms with Gasteiger partial charge in [-0.3, -0.25) is 0 Å². The molecule has 0 atom stereocenters. The molecule has 0 aliphatic rings. The minimum Gasteiger partial charge on any atom is -0.307 e. The van der Waals surface area contributed by atoms with E-state index in [1.165, 1.54) is 7.11 Å². The molecule has 0 bridgehead atoms.